The Morgan fingerprint density at radius 2 is 1.68 bits per heavy atom. The van der Waals surface area contributed by atoms with Crippen molar-refractivity contribution < 1.29 is 19.1 Å². The van der Waals surface area contributed by atoms with E-state index in [0.717, 1.165) is 24.0 Å². The Kier molecular flexibility index (Phi) is 7.65. The number of anilines is 1. The van der Waals surface area contributed by atoms with Crippen LogP contribution in [0.3, 0.4) is 0 Å². The van der Waals surface area contributed by atoms with Crippen LogP contribution >= 0.6 is 0 Å². The predicted octanol–water partition coefficient (Wildman–Crippen LogP) is 2.68. The van der Waals surface area contributed by atoms with E-state index in [4.69, 9.17) is 4.74 Å². The second kappa shape index (κ2) is 10.6. The Balaban J connectivity index is 1.37. The lowest BCUT2D eigenvalue weighted by Crippen LogP contribution is -2.44. The van der Waals surface area contributed by atoms with Crippen LogP contribution in [0.25, 0.3) is 0 Å². The number of carbonyl (C=O) groups is 3. The third-order valence-corrected chi connectivity index (χ3v) is 5.68. The van der Waals surface area contributed by atoms with Crippen LogP contribution in [0.2, 0.25) is 0 Å². The highest BCUT2D eigenvalue weighted by Gasteiger charge is 2.24. The van der Waals surface area contributed by atoms with Crippen LogP contribution in [0.1, 0.15) is 24.0 Å². The summed E-state index contributed by atoms with van der Waals surface area (Å²) in [5.74, 6) is -0.446. The second-order valence-electron chi connectivity index (χ2n) is 7.84. The molecule has 7 nitrogen and oxygen atoms in total. The molecule has 1 aliphatic rings. The quantitative estimate of drug-likeness (QED) is 0.700. The van der Waals surface area contributed by atoms with Crippen LogP contribution in [0.4, 0.5) is 5.69 Å². The summed E-state index contributed by atoms with van der Waals surface area (Å²) < 4.78 is 5.53. The third kappa shape index (κ3) is 6.31. The Morgan fingerprint density at radius 1 is 0.968 bits per heavy atom. The monoisotopic (exact) mass is 423 g/mol. The molecule has 0 atom stereocenters. The lowest BCUT2D eigenvalue weighted by atomic mass is 9.96. The number of rotatable bonds is 6. The van der Waals surface area contributed by atoms with Gasteiger partial charge in [0.25, 0.3) is 5.91 Å². The maximum atomic E-state index is 12.3. The van der Waals surface area contributed by atoms with Gasteiger partial charge in [-0.05, 0) is 61.9 Å². The molecule has 1 aliphatic heterocycles. The Labute approximate surface area is 182 Å². The van der Waals surface area contributed by atoms with Crippen molar-refractivity contribution in [3.8, 4) is 5.75 Å². The van der Waals surface area contributed by atoms with Gasteiger partial charge in [0, 0.05) is 25.3 Å². The molecule has 2 aromatic rings. The highest BCUT2D eigenvalue weighted by molar-refractivity contribution is 6.39. The molecule has 1 saturated heterocycles. The molecule has 0 bridgehead atoms. The first-order chi connectivity index (χ1) is 14.9. The topological polar surface area (TPSA) is 87.7 Å². The molecule has 1 fully saturated rings. The Hall–Kier alpha value is -3.35. The summed E-state index contributed by atoms with van der Waals surface area (Å²) in [7, 11) is 0. The number of nitrogens with zero attached hydrogens (tertiary/aromatic N) is 1. The number of aryl methyl sites for hydroxylation is 1. The van der Waals surface area contributed by atoms with Crippen LogP contribution in [0.5, 0.6) is 5.75 Å². The molecule has 3 rings (SSSR count). The van der Waals surface area contributed by atoms with Gasteiger partial charge >= 0.3 is 11.8 Å². The van der Waals surface area contributed by atoms with E-state index in [0.29, 0.717) is 31.1 Å². The van der Waals surface area contributed by atoms with E-state index in [1.54, 1.807) is 11.0 Å². The second-order valence-corrected chi connectivity index (χ2v) is 7.84. The molecule has 0 unspecified atom stereocenters. The van der Waals surface area contributed by atoms with Gasteiger partial charge in [-0.1, -0.05) is 30.3 Å². The van der Waals surface area contributed by atoms with Crippen molar-refractivity contribution in [2.45, 2.75) is 26.7 Å². The van der Waals surface area contributed by atoms with Crippen molar-refractivity contribution in [2.75, 3.05) is 31.6 Å². The lowest BCUT2D eigenvalue weighted by molar-refractivity contribution is -0.136. The molecule has 0 radical (unpaired) electrons. The predicted molar refractivity (Wildman–Crippen MR) is 119 cm³/mol. The van der Waals surface area contributed by atoms with Gasteiger partial charge in [0.1, 0.15) is 5.75 Å². The standard InChI is InChI=1S/C24H29N3O4/c1-17-7-6-10-21(18(17)2)26-24(30)23(29)25-15-19-11-13-27(14-12-19)22(28)16-31-20-8-4-3-5-9-20/h3-10,19H,11-16H2,1-2H3,(H,25,29)(H,26,30). The third-order valence-electron chi connectivity index (χ3n) is 5.68. The lowest BCUT2D eigenvalue weighted by Gasteiger charge is -2.32. The fourth-order valence-corrected chi connectivity index (χ4v) is 3.52. The number of likely N-dealkylation sites (tertiary alicyclic amines) is 1. The Morgan fingerprint density at radius 3 is 2.39 bits per heavy atom. The van der Waals surface area contributed by atoms with Crippen molar-refractivity contribution in [1.29, 1.82) is 0 Å². The molecule has 0 spiro atoms. The summed E-state index contributed by atoms with van der Waals surface area (Å²) in [4.78, 5) is 38.5. The molecule has 1 heterocycles. The van der Waals surface area contributed by atoms with Crippen LogP contribution < -0.4 is 15.4 Å². The molecule has 0 aromatic heterocycles. The van der Waals surface area contributed by atoms with Gasteiger partial charge < -0.3 is 20.3 Å². The number of amides is 3. The fourth-order valence-electron chi connectivity index (χ4n) is 3.52. The van der Waals surface area contributed by atoms with E-state index in [2.05, 4.69) is 10.6 Å². The van der Waals surface area contributed by atoms with Gasteiger partial charge in [0.2, 0.25) is 0 Å². The Bertz CT molecular complexity index is 922. The summed E-state index contributed by atoms with van der Waals surface area (Å²) >= 11 is 0. The fraction of sp³-hybridized carbons (Fsp3) is 0.375. The van der Waals surface area contributed by atoms with Gasteiger partial charge in [0.15, 0.2) is 6.61 Å². The molecule has 0 saturated carbocycles. The summed E-state index contributed by atoms with van der Waals surface area (Å²) in [5, 5.41) is 5.39. The number of para-hydroxylation sites is 1. The molecular weight excluding hydrogens is 394 g/mol. The number of nitrogens with one attached hydrogen (secondary N) is 2. The zero-order valence-corrected chi connectivity index (χ0v) is 18.0. The minimum atomic E-state index is -0.667. The van der Waals surface area contributed by atoms with Gasteiger partial charge in [-0.3, -0.25) is 14.4 Å². The molecule has 3 amide bonds. The number of benzene rings is 2. The van der Waals surface area contributed by atoms with Crippen molar-refractivity contribution in [1.82, 2.24) is 10.2 Å². The van der Waals surface area contributed by atoms with Gasteiger partial charge in [-0.15, -0.1) is 0 Å². The molecule has 2 aromatic carbocycles. The summed E-state index contributed by atoms with van der Waals surface area (Å²) in [6, 6.07) is 14.8. The van der Waals surface area contributed by atoms with Gasteiger partial charge in [0.05, 0.1) is 0 Å². The van der Waals surface area contributed by atoms with E-state index < -0.39 is 11.8 Å². The van der Waals surface area contributed by atoms with Gasteiger partial charge in [-0.2, -0.15) is 0 Å². The van der Waals surface area contributed by atoms with Crippen molar-refractivity contribution in [2.24, 2.45) is 5.92 Å². The highest BCUT2D eigenvalue weighted by Crippen LogP contribution is 2.19. The van der Waals surface area contributed by atoms with E-state index in [9.17, 15) is 14.4 Å². The number of piperidine rings is 1. The summed E-state index contributed by atoms with van der Waals surface area (Å²) in [6.45, 7) is 5.53. The van der Waals surface area contributed by atoms with Crippen molar-refractivity contribution in [3.63, 3.8) is 0 Å². The molecule has 7 heteroatoms. The number of hydrogen-bond acceptors (Lipinski definition) is 4. The van der Waals surface area contributed by atoms with E-state index in [1.165, 1.54) is 0 Å². The smallest absolute Gasteiger partial charge is 0.313 e. The normalized spacial score (nSPS) is 14.1. The van der Waals surface area contributed by atoms with Crippen molar-refractivity contribution >= 4 is 23.4 Å². The zero-order valence-electron chi connectivity index (χ0n) is 18.0. The zero-order chi connectivity index (χ0) is 22.2. The SMILES string of the molecule is Cc1cccc(NC(=O)C(=O)NCC2CCN(C(=O)COc3ccccc3)CC2)c1C. The van der Waals surface area contributed by atoms with E-state index in [1.807, 2.05) is 56.3 Å². The van der Waals surface area contributed by atoms with Crippen molar-refractivity contribution in [3.05, 3.63) is 59.7 Å². The van der Waals surface area contributed by atoms with Crippen LogP contribution in [-0.2, 0) is 14.4 Å². The van der Waals surface area contributed by atoms with Gasteiger partial charge in [-0.25, -0.2) is 0 Å². The largest absolute Gasteiger partial charge is 0.484 e. The number of hydrogen-bond donors (Lipinski definition) is 2. The minimum Gasteiger partial charge on any atom is -0.484 e. The highest BCUT2D eigenvalue weighted by atomic mass is 16.5. The molecule has 164 valence electrons. The number of ether oxygens (including phenoxy) is 1. The molecule has 0 aliphatic carbocycles. The van der Waals surface area contributed by atoms with Crippen LogP contribution in [-0.4, -0.2) is 48.9 Å². The first kappa shape index (κ1) is 22.3. The van der Waals surface area contributed by atoms with E-state index in [-0.39, 0.29) is 18.4 Å². The first-order valence-corrected chi connectivity index (χ1v) is 10.5. The van der Waals surface area contributed by atoms with Crippen LogP contribution in [0.15, 0.2) is 48.5 Å². The number of carbonyl (C=O) groups excluding carboxylic acids is 3. The molecule has 31 heavy (non-hydrogen) atoms. The summed E-state index contributed by atoms with van der Waals surface area (Å²) in [5.41, 5.74) is 2.63. The maximum Gasteiger partial charge on any atom is 0.313 e. The molecular formula is C24H29N3O4. The van der Waals surface area contributed by atoms with Crippen LogP contribution in [0, 0.1) is 19.8 Å². The first-order valence-electron chi connectivity index (χ1n) is 10.5. The average Bonchev–Trinajstić information content (AvgIpc) is 2.79. The minimum absolute atomic E-state index is 0.0178. The molecule has 2 N–H and O–H groups in total. The van der Waals surface area contributed by atoms with E-state index >= 15 is 0 Å². The maximum absolute atomic E-state index is 12.3. The average molecular weight is 424 g/mol. The summed E-state index contributed by atoms with van der Waals surface area (Å²) in [6.07, 6.45) is 1.55.